The van der Waals surface area contributed by atoms with Crippen molar-refractivity contribution in [3.05, 3.63) is 34.9 Å². The molecule has 0 aliphatic carbocycles. The number of hydrogen-bond acceptors (Lipinski definition) is 2. The quantitative estimate of drug-likeness (QED) is 0.825. The molecule has 1 fully saturated rings. The Labute approximate surface area is 100 Å². The van der Waals surface area contributed by atoms with Gasteiger partial charge in [0.2, 0.25) is 0 Å². The Balaban J connectivity index is 2.11. The number of nitrogens with one attached hydrogen (secondary N) is 2. The van der Waals surface area contributed by atoms with E-state index in [0.717, 1.165) is 19.5 Å². The van der Waals surface area contributed by atoms with Crippen molar-refractivity contribution in [2.45, 2.75) is 18.9 Å². The molecular formula is C12H15ClN2O. The Hall–Kier alpha value is -1.06. The van der Waals surface area contributed by atoms with Gasteiger partial charge in [-0.2, -0.15) is 0 Å². The smallest absolute Gasteiger partial charge is 0.253 e. The molecule has 2 rings (SSSR count). The molecule has 0 aromatic heterocycles. The molecule has 1 atom stereocenters. The van der Waals surface area contributed by atoms with Crippen LogP contribution in [0.3, 0.4) is 0 Å². The van der Waals surface area contributed by atoms with Crippen molar-refractivity contribution in [3.8, 4) is 0 Å². The first-order valence-electron chi connectivity index (χ1n) is 5.38. The molecule has 1 amide bonds. The van der Waals surface area contributed by atoms with Crippen LogP contribution in [-0.2, 0) is 0 Å². The Morgan fingerprint density at radius 3 is 2.88 bits per heavy atom. The second kappa shape index (κ2) is 4.44. The molecule has 1 aliphatic heterocycles. The molecular weight excluding hydrogens is 224 g/mol. The molecule has 0 saturated carbocycles. The SMILES string of the molecule is CC1(NC(=O)c2ccccc2Cl)CCNC1. The zero-order valence-corrected chi connectivity index (χ0v) is 9.97. The van der Waals surface area contributed by atoms with Crippen LogP contribution in [0.15, 0.2) is 24.3 Å². The summed E-state index contributed by atoms with van der Waals surface area (Å²) < 4.78 is 0. The molecule has 0 bridgehead atoms. The predicted molar refractivity (Wildman–Crippen MR) is 64.8 cm³/mol. The number of benzene rings is 1. The van der Waals surface area contributed by atoms with E-state index in [-0.39, 0.29) is 11.4 Å². The van der Waals surface area contributed by atoms with Gasteiger partial charge < -0.3 is 10.6 Å². The van der Waals surface area contributed by atoms with Crippen LogP contribution >= 0.6 is 11.6 Å². The zero-order chi connectivity index (χ0) is 11.6. The lowest BCUT2D eigenvalue weighted by Gasteiger charge is -2.24. The van der Waals surface area contributed by atoms with Crippen molar-refractivity contribution in [3.63, 3.8) is 0 Å². The maximum absolute atomic E-state index is 12.0. The van der Waals surface area contributed by atoms with Crippen LogP contribution < -0.4 is 10.6 Å². The number of amides is 1. The first-order valence-corrected chi connectivity index (χ1v) is 5.76. The Bertz CT molecular complexity index is 400. The summed E-state index contributed by atoms with van der Waals surface area (Å²) in [6, 6.07) is 7.10. The normalized spacial score (nSPS) is 24.4. The van der Waals surface area contributed by atoms with Crippen molar-refractivity contribution in [1.29, 1.82) is 0 Å². The lowest BCUT2D eigenvalue weighted by Crippen LogP contribution is -2.47. The fraction of sp³-hybridized carbons (Fsp3) is 0.417. The summed E-state index contributed by atoms with van der Waals surface area (Å²) >= 11 is 5.97. The first kappa shape index (κ1) is 11.4. The van der Waals surface area contributed by atoms with Crippen LogP contribution in [0.5, 0.6) is 0 Å². The molecule has 86 valence electrons. The third-order valence-electron chi connectivity index (χ3n) is 2.90. The fourth-order valence-corrected chi connectivity index (χ4v) is 2.13. The minimum Gasteiger partial charge on any atom is -0.346 e. The number of rotatable bonds is 2. The van der Waals surface area contributed by atoms with E-state index in [0.29, 0.717) is 10.6 Å². The average Bonchev–Trinajstić information content (AvgIpc) is 2.65. The van der Waals surface area contributed by atoms with Gasteiger partial charge in [0.05, 0.1) is 16.1 Å². The van der Waals surface area contributed by atoms with Gasteiger partial charge in [-0.25, -0.2) is 0 Å². The Morgan fingerprint density at radius 2 is 2.25 bits per heavy atom. The van der Waals surface area contributed by atoms with Crippen LogP contribution in [0.2, 0.25) is 5.02 Å². The van der Waals surface area contributed by atoms with E-state index in [1.807, 2.05) is 19.1 Å². The number of hydrogen-bond donors (Lipinski definition) is 2. The molecule has 1 heterocycles. The molecule has 1 aromatic carbocycles. The molecule has 2 N–H and O–H groups in total. The summed E-state index contributed by atoms with van der Waals surface area (Å²) in [7, 11) is 0. The second-order valence-electron chi connectivity index (χ2n) is 4.42. The van der Waals surface area contributed by atoms with Gasteiger partial charge in [-0.15, -0.1) is 0 Å². The van der Waals surface area contributed by atoms with Gasteiger partial charge in [0.15, 0.2) is 0 Å². The minimum atomic E-state index is -0.156. The van der Waals surface area contributed by atoms with Crippen molar-refractivity contribution >= 4 is 17.5 Å². The minimum absolute atomic E-state index is 0.100. The summed E-state index contributed by atoms with van der Waals surface area (Å²) in [4.78, 5) is 12.0. The summed E-state index contributed by atoms with van der Waals surface area (Å²) in [5.41, 5.74) is 0.383. The van der Waals surface area contributed by atoms with Crippen LogP contribution in [-0.4, -0.2) is 24.5 Å². The van der Waals surface area contributed by atoms with Crippen molar-refractivity contribution < 1.29 is 4.79 Å². The van der Waals surface area contributed by atoms with E-state index in [9.17, 15) is 4.79 Å². The molecule has 4 heteroatoms. The van der Waals surface area contributed by atoms with E-state index < -0.39 is 0 Å². The van der Waals surface area contributed by atoms with Gasteiger partial charge in [0, 0.05) is 6.54 Å². The van der Waals surface area contributed by atoms with Gasteiger partial charge in [-0.1, -0.05) is 23.7 Å². The summed E-state index contributed by atoms with van der Waals surface area (Å²) in [6.45, 7) is 3.80. The van der Waals surface area contributed by atoms with E-state index in [2.05, 4.69) is 10.6 Å². The number of carbonyl (C=O) groups is 1. The van der Waals surface area contributed by atoms with E-state index in [1.165, 1.54) is 0 Å². The van der Waals surface area contributed by atoms with Gasteiger partial charge in [0.25, 0.3) is 5.91 Å². The summed E-state index contributed by atoms with van der Waals surface area (Å²) in [5, 5.41) is 6.76. The standard InChI is InChI=1S/C12H15ClN2O/c1-12(6-7-14-8-12)15-11(16)9-4-2-3-5-10(9)13/h2-5,14H,6-8H2,1H3,(H,15,16). The summed E-state index contributed by atoms with van der Waals surface area (Å²) in [5.74, 6) is -0.100. The highest BCUT2D eigenvalue weighted by atomic mass is 35.5. The highest BCUT2D eigenvalue weighted by molar-refractivity contribution is 6.33. The van der Waals surface area contributed by atoms with Gasteiger partial charge >= 0.3 is 0 Å². The molecule has 1 aromatic rings. The van der Waals surface area contributed by atoms with Crippen molar-refractivity contribution in [2.24, 2.45) is 0 Å². The predicted octanol–water partition coefficient (Wildman–Crippen LogP) is 1.82. The van der Waals surface area contributed by atoms with Crippen LogP contribution in [0.4, 0.5) is 0 Å². The lowest BCUT2D eigenvalue weighted by molar-refractivity contribution is 0.0913. The highest BCUT2D eigenvalue weighted by Gasteiger charge is 2.30. The van der Waals surface area contributed by atoms with Gasteiger partial charge in [0.1, 0.15) is 0 Å². The molecule has 0 spiro atoms. The van der Waals surface area contributed by atoms with Gasteiger partial charge in [-0.3, -0.25) is 4.79 Å². The van der Waals surface area contributed by atoms with E-state index >= 15 is 0 Å². The topological polar surface area (TPSA) is 41.1 Å². The molecule has 1 unspecified atom stereocenters. The molecule has 0 radical (unpaired) electrons. The van der Waals surface area contributed by atoms with E-state index in [4.69, 9.17) is 11.6 Å². The van der Waals surface area contributed by atoms with E-state index in [1.54, 1.807) is 12.1 Å². The van der Waals surface area contributed by atoms with Gasteiger partial charge in [-0.05, 0) is 32.0 Å². The number of halogens is 1. The van der Waals surface area contributed by atoms with Crippen LogP contribution in [0, 0.1) is 0 Å². The molecule has 1 saturated heterocycles. The Morgan fingerprint density at radius 1 is 1.50 bits per heavy atom. The number of carbonyl (C=O) groups excluding carboxylic acids is 1. The highest BCUT2D eigenvalue weighted by Crippen LogP contribution is 2.18. The fourth-order valence-electron chi connectivity index (χ4n) is 1.91. The monoisotopic (exact) mass is 238 g/mol. The largest absolute Gasteiger partial charge is 0.346 e. The maximum atomic E-state index is 12.0. The zero-order valence-electron chi connectivity index (χ0n) is 9.22. The third kappa shape index (κ3) is 2.36. The molecule has 16 heavy (non-hydrogen) atoms. The molecule has 1 aliphatic rings. The lowest BCUT2D eigenvalue weighted by atomic mass is 10.0. The Kier molecular flexibility index (Phi) is 3.17. The van der Waals surface area contributed by atoms with Crippen molar-refractivity contribution in [1.82, 2.24) is 10.6 Å². The van der Waals surface area contributed by atoms with Crippen LogP contribution in [0.25, 0.3) is 0 Å². The maximum Gasteiger partial charge on any atom is 0.253 e. The first-order chi connectivity index (χ1) is 7.61. The molecule has 3 nitrogen and oxygen atoms in total. The van der Waals surface area contributed by atoms with Crippen molar-refractivity contribution in [2.75, 3.05) is 13.1 Å². The second-order valence-corrected chi connectivity index (χ2v) is 4.83. The summed E-state index contributed by atoms with van der Waals surface area (Å²) in [6.07, 6.45) is 0.948. The third-order valence-corrected chi connectivity index (χ3v) is 3.23. The van der Waals surface area contributed by atoms with Crippen LogP contribution in [0.1, 0.15) is 23.7 Å². The average molecular weight is 239 g/mol.